The maximum Gasteiger partial charge on any atom is 0.138 e. The topological polar surface area (TPSA) is 49.8 Å². The third-order valence-electron chi connectivity index (χ3n) is 3.18. The van der Waals surface area contributed by atoms with Crippen molar-refractivity contribution < 1.29 is 0 Å². The molecule has 0 spiro atoms. The number of hydrogen-bond donors (Lipinski definition) is 2. The monoisotopic (exact) mass is 278 g/mol. The summed E-state index contributed by atoms with van der Waals surface area (Å²) >= 11 is 0. The van der Waals surface area contributed by atoms with Crippen molar-refractivity contribution in [3.8, 4) is 0 Å². The van der Waals surface area contributed by atoms with Gasteiger partial charge in [0.25, 0.3) is 0 Å². The zero-order valence-corrected chi connectivity index (χ0v) is 13.9. The molecule has 0 aliphatic rings. The highest BCUT2D eigenvalue weighted by Crippen LogP contribution is 2.26. The van der Waals surface area contributed by atoms with Crippen LogP contribution >= 0.6 is 0 Å². The van der Waals surface area contributed by atoms with Crippen molar-refractivity contribution in [3.63, 3.8) is 0 Å². The molecule has 0 saturated heterocycles. The lowest BCUT2D eigenvalue weighted by Crippen LogP contribution is -2.20. The van der Waals surface area contributed by atoms with Crippen molar-refractivity contribution in [1.29, 1.82) is 0 Å². The minimum Gasteiger partial charge on any atom is -0.370 e. The molecule has 4 nitrogen and oxygen atoms in total. The maximum atomic E-state index is 4.72. The largest absolute Gasteiger partial charge is 0.370 e. The summed E-state index contributed by atoms with van der Waals surface area (Å²) in [6.45, 7) is 14.8. The van der Waals surface area contributed by atoms with E-state index in [0.29, 0.717) is 0 Å². The number of hydrogen-bond acceptors (Lipinski definition) is 4. The highest BCUT2D eigenvalue weighted by molar-refractivity contribution is 5.57. The third-order valence-corrected chi connectivity index (χ3v) is 3.18. The SMILES string of the molecule is CCCCNc1nc(C(C)(C)C)nc(NCCC)c1C. The number of anilines is 2. The van der Waals surface area contributed by atoms with E-state index in [1.54, 1.807) is 0 Å². The summed E-state index contributed by atoms with van der Waals surface area (Å²) in [5, 5.41) is 6.87. The van der Waals surface area contributed by atoms with E-state index < -0.39 is 0 Å². The van der Waals surface area contributed by atoms with E-state index in [-0.39, 0.29) is 5.41 Å². The average Bonchev–Trinajstić information content (AvgIpc) is 2.38. The van der Waals surface area contributed by atoms with Crippen molar-refractivity contribution in [3.05, 3.63) is 11.4 Å². The fraction of sp³-hybridized carbons (Fsp3) is 0.750. The molecule has 1 aromatic heterocycles. The molecule has 0 unspecified atom stereocenters. The molecule has 0 fully saturated rings. The van der Waals surface area contributed by atoms with Gasteiger partial charge in [0, 0.05) is 24.1 Å². The molecule has 0 aliphatic heterocycles. The van der Waals surface area contributed by atoms with Crippen LogP contribution in [0, 0.1) is 6.92 Å². The van der Waals surface area contributed by atoms with Gasteiger partial charge in [-0.3, -0.25) is 0 Å². The average molecular weight is 278 g/mol. The lowest BCUT2D eigenvalue weighted by Gasteiger charge is -2.21. The summed E-state index contributed by atoms with van der Waals surface area (Å²) in [5.41, 5.74) is 1.07. The molecule has 0 aromatic carbocycles. The predicted octanol–water partition coefficient (Wildman–Crippen LogP) is 4.12. The summed E-state index contributed by atoms with van der Waals surface area (Å²) in [5.74, 6) is 2.82. The summed E-state index contributed by atoms with van der Waals surface area (Å²) in [6, 6.07) is 0. The molecule has 2 N–H and O–H groups in total. The minimum atomic E-state index is -0.0441. The summed E-state index contributed by atoms with van der Waals surface area (Å²) in [7, 11) is 0. The predicted molar refractivity (Wildman–Crippen MR) is 87.6 cm³/mol. The Bertz CT molecular complexity index is 421. The highest BCUT2D eigenvalue weighted by Gasteiger charge is 2.20. The molecule has 114 valence electrons. The quantitative estimate of drug-likeness (QED) is 0.737. The van der Waals surface area contributed by atoms with Gasteiger partial charge in [0.15, 0.2) is 0 Å². The van der Waals surface area contributed by atoms with E-state index in [2.05, 4.69) is 52.2 Å². The van der Waals surface area contributed by atoms with Gasteiger partial charge >= 0.3 is 0 Å². The molecule has 1 aromatic rings. The van der Waals surface area contributed by atoms with Crippen LogP contribution in [-0.2, 0) is 5.41 Å². The Hall–Kier alpha value is -1.32. The first-order valence-electron chi connectivity index (χ1n) is 7.77. The lowest BCUT2D eigenvalue weighted by molar-refractivity contribution is 0.546. The van der Waals surface area contributed by atoms with Crippen LogP contribution in [0.25, 0.3) is 0 Å². The first-order chi connectivity index (χ1) is 9.40. The van der Waals surface area contributed by atoms with Gasteiger partial charge in [0.05, 0.1) is 0 Å². The minimum absolute atomic E-state index is 0.0441. The van der Waals surface area contributed by atoms with Gasteiger partial charge in [-0.2, -0.15) is 0 Å². The third kappa shape index (κ3) is 4.66. The smallest absolute Gasteiger partial charge is 0.138 e. The molecule has 4 heteroatoms. The number of aromatic nitrogens is 2. The fourth-order valence-corrected chi connectivity index (χ4v) is 1.82. The van der Waals surface area contributed by atoms with Crippen LogP contribution in [0.2, 0.25) is 0 Å². The van der Waals surface area contributed by atoms with Gasteiger partial charge in [-0.25, -0.2) is 9.97 Å². The zero-order chi connectivity index (χ0) is 15.2. The molecule has 1 rings (SSSR count). The molecule has 0 saturated carbocycles. The van der Waals surface area contributed by atoms with E-state index in [0.717, 1.165) is 49.0 Å². The first-order valence-corrected chi connectivity index (χ1v) is 7.77. The van der Waals surface area contributed by atoms with Crippen LogP contribution in [0.3, 0.4) is 0 Å². The van der Waals surface area contributed by atoms with E-state index in [9.17, 15) is 0 Å². The van der Waals surface area contributed by atoms with Crippen LogP contribution in [-0.4, -0.2) is 23.1 Å². The van der Waals surface area contributed by atoms with Crippen molar-refractivity contribution in [2.75, 3.05) is 23.7 Å². The van der Waals surface area contributed by atoms with Gasteiger partial charge in [-0.1, -0.05) is 41.0 Å². The van der Waals surface area contributed by atoms with Gasteiger partial charge in [0.1, 0.15) is 17.5 Å². The van der Waals surface area contributed by atoms with Crippen LogP contribution in [0.4, 0.5) is 11.6 Å². The first kappa shape index (κ1) is 16.7. The van der Waals surface area contributed by atoms with Crippen LogP contribution in [0.1, 0.15) is 65.3 Å². The second-order valence-electron chi connectivity index (χ2n) is 6.33. The number of nitrogens with zero attached hydrogens (tertiary/aromatic N) is 2. The van der Waals surface area contributed by atoms with Crippen LogP contribution in [0.5, 0.6) is 0 Å². The summed E-state index contributed by atoms with van der Waals surface area (Å²) in [4.78, 5) is 9.43. The van der Waals surface area contributed by atoms with Crippen LogP contribution in [0.15, 0.2) is 0 Å². The van der Waals surface area contributed by atoms with Gasteiger partial charge < -0.3 is 10.6 Å². The Morgan fingerprint density at radius 2 is 1.45 bits per heavy atom. The van der Waals surface area contributed by atoms with Crippen molar-refractivity contribution in [1.82, 2.24) is 9.97 Å². The van der Waals surface area contributed by atoms with E-state index in [1.807, 2.05) is 0 Å². The molecule has 1 heterocycles. The fourth-order valence-electron chi connectivity index (χ4n) is 1.82. The molecule has 0 aliphatic carbocycles. The standard InChI is InChI=1S/C16H30N4/c1-7-9-11-18-14-12(3)13(17-10-8-2)19-15(20-14)16(4,5)6/h7-11H2,1-6H3,(H2,17,18,19,20). The summed E-state index contributed by atoms with van der Waals surface area (Å²) in [6.07, 6.45) is 3.43. The van der Waals surface area contributed by atoms with Crippen LogP contribution < -0.4 is 10.6 Å². The second-order valence-corrected chi connectivity index (χ2v) is 6.33. The number of nitrogens with one attached hydrogen (secondary N) is 2. The molecule has 0 bridgehead atoms. The summed E-state index contributed by atoms with van der Waals surface area (Å²) < 4.78 is 0. The molecule has 0 atom stereocenters. The molecule has 0 radical (unpaired) electrons. The lowest BCUT2D eigenvalue weighted by atomic mass is 9.95. The Morgan fingerprint density at radius 1 is 0.900 bits per heavy atom. The van der Waals surface area contributed by atoms with Gasteiger partial charge in [-0.05, 0) is 19.8 Å². The van der Waals surface area contributed by atoms with E-state index in [4.69, 9.17) is 9.97 Å². The number of rotatable bonds is 7. The zero-order valence-electron chi connectivity index (χ0n) is 13.9. The molecule has 0 amide bonds. The Kier molecular flexibility index (Phi) is 6.24. The van der Waals surface area contributed by atoms with E-state index >= 15 is 0 Å². The van der Waals surface area contributed by atoms with E-state index in [1.165, 1.54) is 6.42 Å². The number of unbranched alkanes of at least 4 members (excludes halogenated alkanes) is 1. The molecular formula is C16H30N4. The Labute approximate surface area is 123 Å². The second kappa shape index (κ2) is 7.46. The Morgan fingerprint density at radius 3 is 1.90 bits per heavy atom. The van der Waals surface area contributed by atoms with Crippen molar-refractivity contribution >= 4 is 11.6 Å². The van der Waals surface area contributed by atoms with Crippen molar-refractivity contribution in [2.24, 2.45) is 0 Å². The van der Waals surface area contributed by atoms with Gasteiger partial charge in [-0.15, -0.1) is 0 Å². The molecule has 20 heavy (non-hydrogen) atoms. The normalized spacial score (nSPS) is 11.5. The van der Waals surface area contributed by atoms with Gasteiger partial charge in [0.2, 0.25) is 0 Å². The van der Waals surface area contributed by atoms with Crippen molar-refractivity contribution in [2.45, 2.75) is 66.2 Å². The molecular weight excluding hydrogens is 248 g/mol. The Balaban J connectivity index is 3.06. The maximum absolute atomic E-state index is 4.72. The highest BCUT2D eigenvalue weighted by atomic mass is 15.1.